The van der Waals surface area contributed by atoms with E-state index >= 15 is 0 Å². The molecule has 54 heavy (non-hydrogen) atoms. The lowest BCUT2D eigenvalue weighted by atomic mass is 9.92. The van der Waals surface area contributed by atoms with Crippen molar-refractivity contribution in [2.75, 3.05) is 4.90 Å². The molecule has 11 rings (SSSR count). The molecule has 0 aliphatic rings. The van der Waals surface area contributed by atoms with Crippen LogP contribution in [0.15, 0.2) is 186 Å². The third-order valence-corrected chi connectivity index (χ3v) is 11.9. The highest BCUT2D eigenvalue weighted by Gasteiger charge is 2.18. The molecule has 0 N–H and O–H groups in total. The van der Waals surface area contributed by atoms with Crippen LogP contribution in [0.5, 0.6) is 0 Å². The average Bonchev–Trinajstić information content (AvgIpc) is 3.85. The highest BCUT2D eigenvalue weighted by molar-refractivity contribution is 7.25. The summed E-state index contributed by atoms with van der Waals surface area (Å²) in [5, 5.41) is 9.62. The molecular formula is C50H32N2OS. The first-order valence-corrected chi connectivity index (χ1v) is 19.1. The zero-order valence-corrected chi connectivity index (χ0v) is 30.1. The number of hydrogen-bond donors (Lipinski definition) is 0. The van der Waals surface area contributed by atoms with Crippen LogP contribution in [0.25, 0.3) is 86.2 Å². The Balaban J connectivity index is 1.04. The van der Waals surface area contributed by atoms with Gasteiger partial charge < -0.3 is 9.32 Å². The molecular weight excluding hydrogens is 677 g/mol. The molecule has 2 heterocycles. The summed E-state index contributed by atoms with van der Waals surface area (Å²) in [5.74, 6) is 0.641. The SMILES string of the molecule is c1ccc(-c2nc3ccc4ccc5ccc6cc(-c7ccccc7CN(c7ccccc7)c7ccc8sc9ccccc9c8c7)ccc6c5c4c3o2)cc1. The van der Waals surface area contributed by atoms with E-state index in [0.29, 0.717) is 5.89 Å². The van der Waals surface area contributed by atoms with Crippen LogP contribution in [0.4, 0.5) is 11.4 Å². The van der Waals surface area contributed by atoms with Crippen LogP contribution in [0.1, 0.15) is 5.56 Å². The van der Waals surface area contributed by atoms with E-state index < -0.39 is 0 Å². The fourth-order valence-electron chi connectivity index (χ4n) is 8.15. The van der Waals surface area contributed by atoms with Gasteiger partial charge in [0.05, 0.1) is 0 Å². The highest BCUT2D eigenvalue weighted by Crippen LogP contribution is 2.41. The van der Waals surface area contributed by atoms with Gasteiger partial charge in [-0.1, -0.05) is 121 Å². The second kappa shape index (κ2) is 12.4. The van der Waals surface area contributed by atoms with Crippen molar-refractivity contribution in [3.8, 4) is 22.6 Å². The first-order chi connectivity index (χ1) is 26.7. The van der Waals surface area contributed by atoms with Gasteiger partial charge in [-0.05, 0) is 98.9 Å². The number of rotatable bonds is 6. The van der Waals surface area contributed by atoms with E-state index in [1.807, 2.05) is 41.7 Å². The Kier molecular flexibility index (Phi) is 7.10. The van der Waals surface area contributed by atoms with Gasteiger partial charge in [0.25, 0.3) is 0 Å². The molecule has 11 aromatic rings. The number of nitrogens with zero attached hydrogens (tertiary/aromatic N) is 2. The average molecular weight is 709 g/mol. The third-order valence-electron chi connectivity index (χ3n) is 10.8. The van der Waals surface area contributed by atoms with Gasteiger partial charge in [0, 0.05) is 54.4 Å². The minimum Gasteiger partial charge on any atom is -0.435 e. The van der Waals surface area contributed by atoms with Crippen LogP contribution >= 0.6 is 11.3 Å². The zero-order valence-electron chi connectivity index (χ0n) is 29.2. The summed E-state index contributed by atoms with van der Waals surface area (Å²) < 4.78 is 9.20. The van der Waals surface area contributed by atoms with E-state index in [9.17, 15) is 0 Å². The molecule has 0 spiro atoms. The smallest absolute Gasteiger partial charge is 0.227 e. The van der Waals surface area contributed by atoms with E-state index in [0.717, 1.165) is 39.7 Å². The largest absolute Gasteiger partial charge is 0.435 e. The first-order valence-electron chi connectivity index (χ1n) is 18.3. The Morgan fingerprint density at radius 2 is 1.19 bits per heavy atom. The number of thiophene rings is 1. The Morgan fingerprint density at radius 1 is 0.481 bits per heavy atom. The van der Waals surface area contributed by atoms with Crippen LogP contribution in [0.3, 0.4) is 0 Å². The lowest BCUT2D eigenvalue weighted by Gasteiger charge is -2.27. The maximum Gasteiger partial charge on any atom is 0.227 e. The van der Waals surface area contributed by atoms with Gasteiger partial charge in [0.15, 0.2) is 5.58 Å². The van der Waals surface area contributed by atoms with Crippen molar-refractivity contribution in [1.29, 1.82) is 0 Å². The number of oxazole rings is 1. The van der Waals surface area contributed by atoms with Gasteiger partial charge >= 0.3 is 0 Å². The van der Waals surface area contributed by atoms with Gasteiger partial charge in [-0.15, -0.1) is 11.3 Å². The van der Waals surface area contributed by atoms with Gasteiger partial charge in [-0.3, -0.25) is 0 Å². The quantitative estimate of drug-likeness (QED) is 0.161. The summed E-state index contributed by atoms with van der Waals surface area (Å²) >= 11 is 1.86. The fourth-order valence-corrected chi connectivity index (χ4v) is 9.24. The summed E-state index contributed by atoms with van der Waals surface area (Å²) in [5.41, 5.74) is 8.70. The molecule has 0 aliphatic heterocycles. The molecule has 9 aromatic carbocycles. The molecule has 3 nitrogen and oxygen atoms in total. The molecule has 0 bridgehead atoms. The Bertz CT molecular complexity index is 3200. The second-order valence-corrected chi connectivity index (χ2v) is 15.0. The van der Waals surface area contributed by atoms with Crippen LogP contribution in [0, 0.1) is 0 Å². The van der Waals surface area contributed by atoms with E-state index in [4.69, 9.17) is 9.40 Å². The topological polar surface area (TPSA) is 29.3 Å². The molecule has 0 radical (unpaired) electrons. The summed E-state index contributed by atoms with van der Waals surface area (Å²) in [6.07, 6.45) is 0. The van der Waals surface area contributed by atoms with Crippen LogP contribution in [0.2, 0.25) is 0 Å². The van der Waals surface area contributed by atoms with Crippen LogP contribution in [-0.2, 0) is 6.54 Å². The van der Waals surface area contributed by atoms with Crippen LogP contribution in [-0.4, -0.2) is 4.98 Å². The van der Waals surface area contributed by atoms with Gasteiger partial charge in [-0.25, -0.2) is 4.98 Å². The minimum absolute atomic E-state index is 0.641. The van der Waals surface area contributed by atoms with E-state index in [2.05, 4.69) is 157 Å². The van der Waals surface area contributed by atoms with Crippen molar-refractivity contribution < 1.29 is 4.42 Å². The molecule has 0 fully saturated rings. The van der Waals surface area contributed by atoms with E-state index in [-0.39, 0.29) is 0 Å². The lowest BCUT2D eigenvalue weighted by Crippen LogP contribution is -2.17. The molecule has 0 amide bonds. The maximum atomic E-state index is 6.57. The Labute approximate surface area is 316 Å². The van der Waals surface area contributed by atoms with E-state index in [1.165, 1.54) is 64.1 Å². The zero-order chi connectivity index (χ0) is 35.6. The van der Waals surface area contributed by atoms with Crippen molar-refractivity contribution >= 4 is 86.3 Å². The second-order valence-electron chi connectivity index (χ2n) is 13.9. The third kappa shape index (κ3) is 5.07. The number of anilines is 2. The van der Waals surface area contributed by atoms with Gasteiger partial charge in [-0.2, -0.15) is 0 Å². The highest BCUT2D eigenvalue weighted by atomic mass is 32.1. The number of fused-ring (bicyclic) bond motifs is 10. The van der Waals surface area contributed by atoms with Crippen molar-refractivity contribution in [2.45, 2.75) is 6.54 Å². The Morgan fingerprint density at radius 3 is 2.06 bits per heavy atom. The van der Waals surface area contributed by atoms with Crippen molar-refractivity contribution in [3.63, 3.8) is 0 Å². The lowest BCUT2D eigenvalue weighted by molar-refractivity contribution is 0.623. The number of para-hydroxylation sites is 1. The maximum absolute atomic E-state index is 6.57. The van der Waals surface area contributed by atoms with E-state index in [1.54, 1.807) is 0 Å². The Hall–Kier alpha value is -6.75. The molecule has 0 aliphatic carbocycles. The summed E-state index contributed by atoms with van der Waals surface area (Å²) in [6.45, 7) is 0.724. The summed E-state index contributed by atoms with van der Waals surface area (Å²) in [6, 6.07) is 65.4. The summed E-state index contributed by atoms with van der Waals surface area (Å²) in [4.78, 5) is 7.35. The molecule has 0 atom stereocenters. The molecule has 2 aromatic heterocycles. The predicted octanol–water partition coefficient (Wildman–Crippen LogP) is 14.3. The van der Waals surface area contributed by atoms with Crippen molar-refractivity contribution in [3.05, 3.63) is 188 Å². The van der Waals surface area contributed by atoms with Gasteiger partial charge in [0.2, 0.25) is 5.89 Å². The molecule has 0 saturated carbocycles. The molecule has 0 unspecified atom stereocenters. The first kappa shape index (κ1) is 30.8. The molecule has 254 valence electrons. The van der Waals surface area contributed by atoms with Crippen molar-refractivity contribution in [2.24, 2.45) is 0 Å². The number of hydrogen-bond acceptors (Lipinski definition) is 4. The monoisotopic (exact) mass is 708 g/mol. The predicted molar refractivity (Wildman–Crippen MR) is 229 cm³/mol. The normalized spacial score (nSPS) is 11.8. The number of benzene rings is 9. The standard InChI is InChI=1S/C50H32N2OS/c1-3-11-34(12-4-1)50-51-44-27-24-33-20-19-32-21-22-36-29-35(23-26-41(36)47(32)48(33)49(44)53-50)40-16-8-7-13-37(40)31-52(38-14-5-2-6-15-38)39-25-28-46-43(30-39)42-17-9-10-18-45(42)54-46/h1-30H,31H2. The van der Waals surface area contributed by atoms with Crippen molar-refractivity contribution in [1.82, 2.24) is 4.98 Å². The summed E-state index contributed by atoms with van der Waals surface area (Å²) in [7, 11) is 0. The minimum atomic E-state index is 0.641. The molecule has 0 saturated heterocycles. The number of aromatic nitrogens is 1. The molecule has 4 heteroatoms. The fraction of sp³-hybridized carbons (Fsp3) is 0.0200. The van der Waals surface area contributed by atoms with Crippen LogP contribution < -0.4 is 4.90 Å². The van der Waals surface area contributed by atoms with Gasteiger partial charge in [0.1, 0.15) is 5.52 Å².